The number of carbonyl (C=O) groups excluding carboxylic acids is 2. The van der Waals surface area contributed by atoms with Crippen LogP contribution in [0.5, 0.6) is 0 Å². The Morgan fingerprint density at radius 1 is 1.73 bits per heavy atom. The highest BCUT2D eigenvalue weighted by molar-refractivity contribution is 8.00. The van der Waals surface area contributed by atoms with Gasteiger partial charge < -0.3 is 10.1 Å². The van der Waals surface area contributed by atoms with E-state index in [0.29, 0.717) is 12.8 Å². The molecule has 1 fully saturated rings. The van der Waals surface area contributed by atoms with Crippen molar-refractivity contribution in [3.8, 4) is 0 Å². The van der Waals surface area contributed by atoms with Gasteiger partial charge in [-0.3, -0.25) is 9.59 Å². The lowest BCUT2D eigenvalue weighted by molar-refractivity contribution is -0.142. The van der Waals surface area contributed by atoms with Crippen LogP contribution in [0.25, 0.3) is 0 Å². The van der Waals surface area contributed by atoms with E-state index in [-0.39, 0.29) is 23.9 Å². The van der Waals surface area contributed by atoms with Crippen LogP contribution in [0.4, 0.5) is 0 Å². The summed E-state index contributed by atoms with van der Waals surface area (Å²) in [6, 6.07) is 0. The Labute approximate surface area is 93.4 Å². The molecule has 84 valence electrons. The molecule has 0 aromatic heterocycles. The van der Waals surface area contributed by atoms with E-state index in [2.05, 4.69) is 11.9 Å². The van der Waals surface area contributed by atoms with Gasteiger partial charge in [-0.2, -0.15) is 0 Å². The number of esters is 1. The van der Waals surface area contributed by atoms with E-state index in [1.54, 1.807) is 17.8 Å². The molecule has 1 atom stereocenters. The second-order valence-corrected chi connectivity index (χ2v) is 4.52. The van der Waals surface area contributed by atoms with E-state index in [1.807, 2.05) is 0 Å². The Morgan fingerprint density at radius 2 is 2.47 bits per heavy atom. The normalized spacial score (nSPS) is 18.9. The maximum atomic E-state index is 11.0. The Kier molecular flexibility index (Phi) is 5.25. The number of ether oxygens (including phenoxy) is 1. The quantitative estimate of drug-likeness (QED) is 0.307. The molecule has 1 saturated heterocycles. The minimum atomic E-state index is -0.187. The average molecular weight is 229 g/mol. The Bertz CT molecular complexity index is 247. The van der Waals surface area contributed by atoms with Crippen LogP contribution < -0.4 is 5.32 Å². The molecular weight excluding hydrogens is 214 g/mol. The van der Waals surface area contributed by atoms with Gasteiger partial charge >= 0.3 is 5.97 Å². The lowest BCUT2D eigenvalue weighted by Gasteiger charge is -2.25. The second kappa shape index (κ2) is 6.50. The average Bonchev–Trinajstić information content (AvgIpc) is 2.18. The second-order valence-electron chi connectivity index (χ2n) is 3.21. The van der Waals surface area contributed by atoms with E-state index >= 15 is 0 Å². The minimum Gasteiger partial charge on any atom is -0.461 e. The molecule has 1 N–H and O–H groups in total. The van der Waals surface area contributed by atoms with Gasteiger partial charge in [-0.25, -0.2) is 0 Å². The summed E-state index contributed by atoms with van der Waals surface area (Å²) >= 11 is 1.67. The van der Waals surface area contributed by atoms with Crippen LogP contribution in [0.15, 0.2) is 12.7 Å². The smallest absolute Gasteiger partial charge is 0.306 e. The van der Waals surface area contributed by atoms with Crippen molar-refractivity contribution in [3.63, 3.8) is 0 Å². The number of nitrogens with one attached hydrogen (secondary N) is 1. The van der Waals surface area contributed by atoms with E-state index in [0.717, 1.165) is 12.2 Å². The summed E-state index contributed by atoms with van der Waals surface area (Å²) in [4.78, 5) is 21.6. The summed E-state index contributed by atoms with van der Waals surface area (Å²) in [5.41, 5.74) is 0. The molecule has 1 rings (SSSR count). The molecule has 1 unspecified atom stereocenters. The number of rotatable bonds is 7. The summed E-state index contributed by atoms with van der Waals surface area (Å²) in [5, 5.41) is 3.01. The van der Waals surface area contributed by atoms with Crippen molar-refractivity contribution < 1.29 is 14.3 Å². The van der Waals surface area contributed by atoms with Crippen molar-refractivity contribution in [2.24, 2.45) is 0 Å². The zero-order valence-corrected chi connectivity index (χ0v) is 9.35. The molecule has 1 aliphatic heterocycles. The topological polar surface area (TPSA) is 55.4 Å². The fourth-order valence-electron chi connectivity index (χ4n) is 1.09. The molecule has 5 heteroatoms. The maximum Gasteiger partial charge on any atom is 0.306 e. The standard InChI is InChI=1S/C10H15NO3S/c1-2-5-14-10(13)4-3-6-15-9-7-8(12)11-9/h2,9H,1,3-7H2,(H,11,12). The predicted octanol–water partition coefficient (Wildman–Crippen LogP) is 1.07. The highest BCUT2D eigenvalue weighted by Gasteiger charge is 2.24. The molecule has 0 aromatic carbocycles. The lowest BCUT2D eigenvalue weighted by atomic mass is 10.3. The summed E-state index contributed by atoms with van der Waals surface area (Å²) in [7, 11) is 0. The Hall–Kier alpha value is -0.970. The van der Waals surface area contributed by atoms with Crippen molar-refractivity contribution in [1.82, 2.24) is 5.32 Å². The van der Waals surface area contributed by atoms with Crippen LogP contribution in [0.3, 0.4) is 0 Å². The highest BCUT2D eigenvalue weighted by atomic mass is 32.2. The van der Waals surface area contributed by atoms with Gasteiger partial charge in [-0.15, -0.1) is 11.8 Å². The predicted molar refractivity (Wildman–Crippen MR) is 59.4 cm³/mol. The fourth-order valence-corrected chi connectivity index (χ4v) is 2.17. The van der Waals surface area contributed by atoms with Gasteiger partial charge in [-0.1, -0.05) is 12.7 Å². The van der Waals surface area contributed by atoms with Crippen LogP contribution in [-0.2, 0) is 14.3 Å². The van der Waals surface area contributed by atoms with Crippen LogP contribution in [0.2, 0.25) is 0 Å². The van der Waals surface area contributed by atoms with Crippen LogP contribution in [-0.4, -0.2) is 29.6 Å². The summed E-state index contributed by atoms with van der Waals surface area (Å²) < 4.78 is 4.82. The first kappa shape index (κ1) is 12.1. The molecule has 0 radical (unpaired) electrons. The molecular formula is C10H15NO3S. The van der Waals surface area contributed by atoms with Gasteiger partial charge in [0, 0.05) is 6.42 Å². The Balaban J connectivity index is 1.90. The van der Waals surface area contributed by atoms with Gasteiger partial charge in [-0.05, 0) is 12.2 Å². The van der Waals surface area contributed by atoms with E-state index < -0.39 is 0 Å². The van der Waals surface area contributed by atoms with Crippen LogP contribution in [0, 0.1) is 0 Å². The number of hydrogen-bond donors (Lipinski definition) is 1. The monoisotopic (exact) mass is 229 g/mol. The molecule has 15 heavy (non-hydrogen) atoms. The van der Waals surface area contributed by atoms with E-state index in [9.17, 15) is 9.59 Å². The molecule has 0 spiro atoms. The third-order valence-electron chi connectivity index (χ3n) is 1.90. The maximum absolute atomic E-state index is 11.0. The van der Waals surface area contributed by atoms with Gasteiger partial charge in [0.25, 0.3) is 0 Å². The van der Waals surface area contributed by atoms with Gasteiger partial charge in [0.05, 0.1) is 11.8 Å². The number of β-lactam (4-membered cyclic amide) rings is 1. The van der Waals surface area contributed by atoms with E-state index in [1.165, 1.54) is 0 Å². The largest absolute Gasteiger partial charge is 0.461 e. The summed E-state index contributed by atoms with van der Waals surface area (Å²) in [6.07, 6.45) is 3.37. The third kappa shape index (κ3) is 4.88. The molecule has 4 nitrogen and oxygen atoms in total. The van der Waals surface area contributed by atoms with Gasteiger partial charge in [0.2, 0.25) is 5.91 Å². The SMILES string of the molecule is C=CCOC(=O)CCCSC1CC(=O)N1. The lowest BCUT2D eigenvalue weighted by Crippen LogP contribution is -2.46. The molecule has 0 saturated carbocycles. The number of thioether (sulfide) groups is 1. The third-order valence-corrected chi connectivity index (χ3v) is 3.11. The number of carbonyl (C=O) groups is 2. The number of hydrogen-bond acceptors (Lipinski definition) is 4. The van der Waals surface area contributed by atoms with Crippen LogP contribution >= 0.6 is 11.8 Å². The van der Waals surface area contributed by atoms with Crippen LogP contribution in [0.1, 0.15) is 19.3 Å². The summed E-state index contributed by atoms with van der Waals surface area (Å²) in [6.45, 7) is 3.74. The zero-order chi connectivity index (χ0) is 11.1. The highest BCUT2D eigenvalue weighted by Crippen LogP contribution is 2.19. The molecule has 0 aromatic rings. The van der Waals surface area contributed by atoms with Crippen molar-refractivity contribution in [2.75, 3.05) is 12.4 Å². The fraction of sp³-hybridized carbons (Fsp3) is 0.600. The van der Waals surface area contributed by atoms with Crippen molar-refractivity contribution in [3.05, 3.63) is 12.7 Å². The van der Waals surface area contributed by atoms with Crippen molar-refractivity contribution >= 4 is 23.6 Å². The molecule has 0 bridgehead atoms. The molecule has 0 aliphatic carbocycles. The molecule has 1 amide bonds. The van der Waals surface area contributed by atoms with Crippen molar-refractivity contribution in [1.29, 1.82) is 0 Å². The Morgan fingerprint density at radius 3 is 3.07 bits per heavy atom. The zero-order valence-electron chi connectivity index (χ0n) is 8.53. The number of amides is 1. The van der Waals surface area contributed by atoms with E-state index in [4.69, 9.17) is 4.74 Å². The first-order chi connectivity index (χ1) is 7.22. The van der Waals surface area contributed by atoms with Gasteiger partial charge in [0.1, 0.15) is 6.61 Å². The minimum absolute atomic E-state index is 0.109. The first-order valence-corrected chi connectivity index (χ1v) is 5.94. The molecule has 1 aliphatic rings. The summed E-state index contributed by atoms with van der Waals surface area (Å²) in [5.74, 6) is 0.791. The molecule has 1 heterocycles. The van der Waals surface area contributed by atoms with Gasteiger partial charge in [0.15, 0.2) is 0 Å². The van der Waals surface area contributed by atoms with Crippen molar-refractivity contribution in [2.45, 2.75) is 24.6 Å². The first-order valence-electron chi connectivity index (χ1n) is 4.90.